The van der Waals surface area contributed by atoms with Gasteiger partial charge in [0.2, 0.25) is 0 Å². The summed E-state index contributed by atoms with van der Waals surface area (Å²) in [5.74, 6) is 1.91. The van der Waals surface area contributed by atoms with E-state index in [0.29, 0.717) is 12.3 Å². The first-order valence-electron chi connectivity index (χ1n) is 7.80. The number of carbonyl (C=O) groups excluding carboxylic acids is 1. The summed E-state index contributed by atoms with van der Waals surface area (Å²) in [5.41, 5.74) is 0. The van der Waals surface area contributed by atoms with Gasteiger partial charge in [0, 0.05) is 6.04 Å². The Morgan fingerprint density at radius 2 is 2.05 bits per heavy atom. The number of rotatable bonds is 7. The van der Waals surface area contributed by atoms with Gasteiger partial charge in [0.25, 0.3) is 0 Å². The predicted molar refractivity (Wildman–Crippen MR) is 84.5 cm³/mol. The molecule has 0 radical (unpaired) electrons. The number of carboxylic acid groups (broad SMARTS) is 1. The second-order valence-electron chi connectivity index (χ2n) is 6.42. The molecule has 2 fully saturated rings. The number of amides is 2. The van der Waals surface area contributed by atoms with E-state index in [1.54, 1.807) is 11.8 Å². The molecule has 2 rings (SSSR count). The van der Waals surface area contributed by atoms with Gasteiger partial charge in [0.05, 0.1) is 0 Å². The third kappa shape index (κ3) is 4.28. The van der Waals surface area contributed by atoms with Crippen LogP contribution < -0.4 is 10.6 Å². The molecule has 0 saturated heterocycles. The first-order chi connectivity index (χ1) is 10.0. The van der Waals surface area contributed by atoms with Gasteiger partial charge in [-0.25, -0.2) is 9.59 Å². The molecule has 120 valence electrons. The number of hydrogen-bond donors (Lipinski definition) is 3. The molecule has 2 aliphatic carbocycles. The number of urea groups is 1. The lowest BCUT2D eigenvalue weighted by Crippen LogP contribution is -2.50. The zero-order valence-corrected chi connectivity index (χ0v) is 13.6. The van der Waals surface area contributed by atoms with Crippen molar-refractivity contribution in [2.75, 3.05) is 12.0 Å². The molecule has 0 aromatic rings. The average molecular weight is 314 g/mol. The van der Waals surface area contributed by atoms with E-state index < -0.39 is 12.0 Å². The largest absolute Gasteiger partial charge is 0.480 e. The zero-order chi connectivity index (χ0) is 15.4. The number of aliphatic carboxylic acids is 1. The third-order valence-corrected chi connectivity index (χ3v) is 5.65. The molecule has 5 atom stereocenters. The van der Waals surface area contributed by atoms with Gasteiger partial charge in [-0.1, -0.05) is 6.42 Å². The molecule has 5 nitrogen and oxygen atoms in total. The van der Waals surface area contributed by atoms with Crippen molar-refractivity contribution in [3.8, 4) is 0 Å². The Hall–Kier alpha value is -0.910. The quantitative estimate of drug-likeness (QED) is 0.674. The highest BCUT2D eigenvalue weighted by molar-refractivity contribution is 7.98. The lowest BCUT2D eigenvalue weighted by molar-refractivity contribution is -0.139. The van der Waals surface area contributed by atoms with Crippen LogP contribution in [0.3, 0.4) is 0 Å². The molecule has 21 heavy (non-hydrogen) atoms. The monoisotopic (exact) mass is 314 g/mol. The molecule has 2 saturated carbocycles. The van der Waals surface area contributed by atoms with Gasteiger partial charge in [-0.05, 0) is 62.4 Å². The molecule has 0 heterocycles. The van der Waals surface area contributed by atoms with Crippen molar-refractivity contribution in [3.63, 3.8) is 0 Å². The highest BCUT2D eigenvalue weighted by Gasteiger charge is 2.42. The molecule has 0 spiro atoms. The van der Waals surface area contributed by atoms with Crippen LogP contribution in [0.1, 0.15) is 39.0 Å². The molecule has 3 N–H and O–H groups in total. The lowest BCUT2D eigenvalue weighted by Gasteiger charge is -2.29. The van der Waals surface area contributed by atoms with Gasteiger partial charge in [0.1, 0.15) is 6.04 Å². The number of hydrogen-bond acceptors (Lipinski definition) is 3. The number of nitrogens with one attached hydrogen (secondary N) is 2. The predicted octanol–water partition coefficient (Wildman–Crippen LogP) is 2.32. The van der Waals surface area contributed by atoms with Crippen LogP contribution in [0, 0.1) is 17.8 Å². The van der Waals surface area contributed by atoms with E-state index in [1.165, 1.54) is 25.7 Å². The summed E-state index contributed by atoms with van der Waals surface area (Å²) in [6, 6.07) is -1.03. The fourth-order valence-electron chi connectivity index (χ4n) is 3.91. The van der Waals surface area contributed by atoms with Gasteiger partial charge in [0.15, 0.2) is 0 Å². The minimum atomic E-state index is -0.966. The van der Waals surface area contributed by atoms with Crippen LogP contribution >= 0.6 is 11.8 Å². The second-order valence-corrected chi connectivity index (χ2v) is 7.40. The summed E-state index contributed by atoms with van der Waals surface area (Å²) in [6.45, 7) is 2.04. The highest BCUT2D eigenvalue weighted by Crippen LogP contribution is 2.49. The Kier molecular flexibility index (Phi) is 5.79. The molecule has 2 bridgehead atoms. The number of thioether (sulfide) groups is 1. The first kappa shape index (κ1) is 16.5. The molecule has 2 aliphatic rings. The summed E-state index contributed by atoms with van der Waals surface area (Å²) in [6.07, 6.45) is 7.53. The topological polar surface area (TPSA) is 78.4 Å². The molecule has 2 amide bonds. The van der Waals surface area contributed by atoms with Gasteiger partial charge < -0.3 is 15.7 Å². The van der Waals surface area contributed by atoms with Crippen LogP contribution in [-0.2, 0) is 4.79 Å². The zero-order valence-electron chi connectivity index (χ0n) is 12.8. The van der Waals surface area contributed by atoms with Crippen LogP contribution in [0.25, 0.3) is 0 Å². The fraction of sp³-hybridized carbons (Fsp3) is 0.867. The van der Waals surface area contributed by atoms with Crippen LogP contribution in [-0.4, -0.2) is 41.2 Å². The second kappa shape index (κ2) is 7.38. The normalized spacial score (nSPS) is 29.9. The number of fused-ring (bicyclic) bond motifs is 2. The molecule has 6 heteroatoms. The Balaban J connectivity index is 1.78. The third-order valence-electron chi connectivity index (χ3n) is 5.01. The number of carbonyl (C=O) groups is 2. The van der Waals surface area contributed by atoms with Crippen molar-refractivity contribution in [2.45, 2.75) is 51.1 Å². The van der Waals surface area contributed by atoms with Crippen LogP contribution in [0.4, 0.5) is 4.79 Å². The van der Waals surface area contributed by atoms with Crippen molar-refractivity contribution in [1.29, 1.82) is 0 Å². The van der Waals surface area contributed by atoms with E-state index in [0.717, 1.165) is 17.6 Å². The highest BCUT2D eigenvalue weighted by atomic mass is 32.2. The smallest absolute Gasteiger partial charge is 0.326 e. The molecule has 0 aliphatic heterocycles. The van der Waals surface area contributed by atoms with Crippen molar-refractivity contribution in [3.05, 3.63) is 0 Å². The van der Waals surface area contributed by atoms with Gasteiger partial charge in [-0.2, -0.15) is 11.8 Å². The van der Waals surface area contributed by atoms with Gasteiger partial charge in [-0.3, -0.25) is 0 Å². The maximum atomic E-state index is 12.0. The summed E-state index contributed by atoms with van der Waals surface area (Å²) < 4.78 is 0. The Morgan fingerprint density at radius 1 is 1.29 bits per heavy atom. The molecular weight excluding hydrogens is 288 g/mol. The SMILES string of the molecule is CSCC[C@H](NC(=O)NC(C)C1CC2CCC1C2)C(=O)O. The van der Waals surface area contributed by atoms with Crippen molar-refractivity contribution >= 4 is 23.8 Å². The maximum absolute atomic E-state index is 12.0. The fourth-order valence-corrected chi connectivity index (χ4v) is 4.38. The van der Waals surface area contributed by atoms with E-state index >= 15 is 0 Å². The minimum absolute atomic E-state index is 0.121. The maximum Gasteiger partial charge on any atom is 0.326 e. The number of carboxylic acids is 1. The van der Waals surface area contributed by atoms with Crippen molar-refractivity contribution in [2.24, 2.45) is 17.8 Å². The standard InChI is InChI=1S/C15H26N2O3S/c1-9(12-8-10-3-4-11(12)7-10)16-15(20)17-13(14(18)19)5-6-21-2/h9-13H,3-8H2,1-2H3,(H,18,19)(H2,16,17,20)/t9?,10?,11?,12?,13-/m0/s1. The summed E-state index contributed by atoms with van der Waals surface area (Å²) in [5, 5.41) is 14.7. The first-order valence-corrected chi connectivity index (χ1v) is 9.19. The summed E-state index contributed by atoms with van der Waals surface area (Å²) >= 11 is 1.58. The van der Waals surface area contributed by atoms with Crippen molar-refractivity contribution in [1.82, 2.24) is 10.6 Å². The van der Waals surface area contributed by atoms with E-state index in [9.17, 15) is 9.59 Å². The van der Waals surface area contributed by atoms with Crippen molar-refractivity contribution < 1.29 is 14.7 Å². The summed E-state index contributed by atoms with van der Waals surface area (Å²) in [7, 11) is 0. The lowest BCUT2D eigenvalue weighted by atomic mass is 9.84. The van der Waals surface area contributed by atoms with E-state index in [1.807, 2.05) is 13.2 Å². The average Bonchev–Trinajstić information content (AvgIpc) is 3.05. The molecule has 0 aromatic heterocycles. The Morgan fingerprint density at radius 3 is 2.57 bits per heavy atom. The van der Waals surface area contributed by atoms with Crippen LogP contribution in [0.5, 0.6) is 0 Å². The van der Waals surface area contributed by atoms with E-state index in [2.05, 4.69) is 10.6 Å². The van der Waals surface area contributed by atoms with Gasteiger partial charge in [-0.15, -0.1) is 0 Å². The Labute approximate surface area is 130 Å². The Bertz CT molecular complexity index is 391. The molecular formula is C15H26N2O3S. The van der Waals surface area contributed by atoms with Crippen LogP contribution in [0.2, 0.25) is 0 Å². The molecule has 4 unspecified atom stereocenters. The van der Waals surface area contributed by atoms with Gasteiger partial charge >= 0.3 is 12.0 Å². The van der Waals surface area contributed by atoms with E-state index in [4.69, 9.17) is 5.11 Å². The minimum Gasteiger partial charge on any atom is -0.480 e. The summed E-state index contributed by atoms with van der Waals surface area (Å²) in [4.78, 5) is 23.1. The molecule has 0 aromatic carbocycles. The van der Waals surface area contributed by atoms with E-state index in [-0.39, 0.29) is 12.1 Å². The van der Waals surface area contributed by atoms with Crippen LogP contribution in [0.15, 0.2) is 0 Å².